The number of phenolic OH excluding ortho intramolecular Hbond substituents is 1. The van der Waals surface area contributed by atoms with Gasteiger partial charge >= 0.3 is 5.51 Å². The number of hydrogen-bond acceptors (Lipinski definition) is 4. The van der Waals surface area contributed by atoms with Crippen LogP contribution in [0.2, 0.25) is 5.02 Å². The fourth-order valence-electron chi connectivity index (χ4n) is 3.52. The Kier molecular flexibility index (Phi) is 6.40. The van der Waals surface area contributed by atoms with E-state index in [-0.39, 0.29) is 27.8 Å². The summed E-state index contributed by atoms with van der Waals surface area (Å²) in [5, 5.41) is 13.2. The zero-order chi connectivity index (χ0) is 26.4. The summed E-state index contributed by atoms with van der Waals surface area (Å²) in [4.78, 5) is 11.9. The third-order valence-corrected chi connectivity index (χ3v) is 7.09. The minimum absolute atomic E-state index is 0.207. The van der Waals surface area contributed by atoms with Gasteiger partial charge in [0.05, 0.1) is 21.2 Å². The summed E-state index contributed by atoms with van der Waals surface area (Å²) in [6, 6.07) is 12.7. The number of sulfone groups is 1. The third-order valence-electron chi connectivity index (χ3n) is 5.30. The highest BCUT2D eigenvalue weighted by molar-refractivity contribution is 7.92. The molecule has 1 amide bonds. The Morgan fingerprint density at radius 3 is 2.17 bits per heavy atom. The number of hydrogen-bond donors (Lipinski definition) is 2. The smallest absolute Gasteiger partial charge is 0.501 e. The zero-order valence-corrected chi connectivity index (χ0v) is 19.3. The average molecular weight is 542 g/mol. The molecule has 0 fully saturated rings. The number of aromatic hydroxyl groups is 1. The quantitative estimate of drug-likeness (QED) is 0.282. The molecule has 4 aromatic rings. The van der Waals surface area contributed by atoms with Crippen LogP contribution >= 0.6 is 11.6 Å². The maximum absolute atomic E-state index is 13.9. The lowest BCUT2D eigenvalue weighted by Gasteiger charge is -2.15. The normalized spacial score (nSPS) is 12.1. The van der Waals surface area contributed by atoms with Crippen LogP contribution in [-0.4, -0.2) is 24.9 Å². The molecule has 0 heterocycles. The molecule has 5 nitrogen and oxygen atoms in total. The Labute approximate surface area is 205 Å². The predicted octanol–water partition coefficient (Wildman–Crippen LogP) is 6.69. The second kappa shape index (κ2) is 9.07. The number of rotatable bonds is 4. The van der Waals surface area contributed by atoms with Gasteiger partial charge in [-0.05, 0) is 52.9 Å². The number of benzene rings is 4. The van der Waals surface area contributed by atoms with Gasteiger partial charge in [-0.15, -0.1) is 0 Å². The van der Waals surface area contributed by atoms with Gasteiger partial charge in [0.15, 0.2) is 11.6 Å². The number of anilines is 1. The molecule has 0 radical (unpaired) electrons. The first-order valence-corrected chi connectivity index (χ1v) is 11.8. The van der Waals surface area contributed by atoms with Gasteiger partial charge in [0.25, 0.3) is 15.7 Å². The monoisotopic (exact) mass is 541 g/mol. The van der Waals surface area contributed by atoms with Crippen molar-refractivity contribution in [3.8, 4) is 16.9 Å². The summed E-state index contributed by atoms with van der Waals surface area (Å²) >= 11 is 5.93. The Morgan fingerprint density at radius 2 is 1.56 bits per heavy atom. The number of carbonyl (C=O) groups is 1. The summed E-state index contributed by atoms with van der Waals surface area (Å²) in [6.45, 7) is 0. The number of alkyl halides is 3. The standard InChI is InChI=1S/C24H13ClF5NO4S/c25-18-10-13(36(34,35)24(28,29)30)6-8-21(18)31-23(33)17-11-16(12-5-7-19(26)20(27)9-12)14-3-1-2-4-15(14)22(17)32/h1-11,32H,(H,31,33). The Balaban J connectivity index is 1.78. The number of fused-ring (bicyclic) bond motifs is 1. The van der Waals surface area contributed by atoms with Crippen LogP contribution in [0.1, 0.15) is 10.4 Å². The Bertz CT molecular complexity index is 1640. The predicted molar refractivity (Wildman–Crippen MR) is 124 cm³/mol. The van der Waals surface area contributed by atoms with Crippen LogP contribution in [0.15, 0.2) is 71.6 Å². The number of halogens is 6. The van der Waals surface area contributed by atoms with Crippen molar-refractivity contribution in [1.82, 2.24) is 0 Å². The average Bonchev–Trinajstić information content (AvgIpc) is 2.81. The van der Waals surface area contributed by atoms with Crippen LogP contribution in [0, 0.1) is 11.6 Å². The lowest BCUT2D eigenvalue weighted by atomic mass is 9.94. The van der Waals surface area contributed by atoms with Gasteiger partial charge in [-0.1, -0.05) is 41.9 Å². The van der Waals surface area contributed by atoms with Crippen molar-refractivity contribution in [3.63, 3.8) is 0 Å². The van der Waals surface area contributed by atoms with Crippen molar-refractivity contribution in [2.45, 2.75) is 10.4 Å². The second-order valence-electron chi connectivity index (χ2n) is 7.54. The molecule has 36 heavy (non-hydrogen) atoms. The van der Waals surface area contributed by atoms with E-state index in [4.69, 9.17) is 11.6 Å². The van der Waals surface area contributed by atoms with Crippen molar-refractivity contribution in [3.05, 3.63) is 89.0 Å². The fraction of sp³-hybridized carbons (Fsp3) is 0.0417. The van der Waals surface area contributed by atoms with E-state index >= 15 is 0 Å². The molecular formula is C24H13ClF5NO4S. The van der Waals surface area contributed by atoms with Crippen molar-refractivity contribution in [2.75, 3.05) is 5.32 Å². The molecule has 0 saturated heterocycles. The van der Waals surface area contributed by atoms with Crippen LogP contribution in [-0.2, 0) is 9.84 Å². The van der Waals surface area contributed by atoms with Crippen molar-refractivity contribution in [2.24, 2.45) is 0 Å². The topological polar surface area (TPSA) is 83.5 Å². The molecule has 0 aliphatic heterocycles. The van der Waals surface area contributed by atoms with Gasteiger partial charge < -0.3 is 10.4 Å². The minimum Gasteiger partial charge on any atom is -0.506 e. The lowest BCUT2D eigenvalue weighted by molar-refractivity contribution is -0.0436. The van der Waals surface area contributed by atoms with Gasteiger partial charge in [-0.2, -0.15) is 13.2 Å². The van der Waals surface area contributed by atoms with Crippen LogP contribution in [0.5, 0.6) is 5.75 Å². The molecule has 0 bridgehead atoms. The first-order valence-electron chi connectivity index (χ1n) is 9.93. The van der Waals surface area contributed by atoms with E-state index < -0.39 is 48.6 Å². The number of nitrogens with one attached hydrogen (secondary N) is 1. The van der Waals surface area contributed by atoms with Crippen LogP contribution in [0.4, 0.5) is 27.6 Å². The number of carbonyl (C=O) groups excluding carboxylic acids is 1. The summed E-state index contributed by atoms with van der Waals surface area (Å²) in [5.41, 5.74) is -5.60. The maximum atomic E-state index is 13.9. The Hall–Kier alpha value is -3.70. The van der Waals surface area contributed by atoms with Gasteiger partial charge in [-0.25, -0.2) is 17.2 Å². The van der Waals surface area contributed by atoms with E-state index in [1.165, 1.54) is 18.2 Å². The molecule has 0 aromatic heterocycles. The van der Waals surface area contributed by atoms with E-state index in [2.05, 4.69) is 5.32 Å². The van der Waals surface area contributed by atoms with E-state index in [1.54, 1.807) is 18.2 Å². The summed E-state index contributed by atoms with van der Waals surface area (Å²) in [6.07, 6.45) is 0. The first-order chi connectivity index (χ1) is 16.8. The highest BCUT2D eigenvalue weighted by Gasteiger charge is 2.47. The van der Waals surface area contributed by atoms with Crippen LogP contribution in [0.25, 0.3) is 21.9 Å². The molecule has 186 valence electrons. The molecular weight excluding hydrogens is 529 g/mol. The van der Waals surface area contributed by atoms with E-state index in [1.807, 2.05) is 0 Å². The van der Waals surface area contributed by atoms with Gasteiger partial charge in [0, 0.05) is 5.39 Å². The molecule has 0 aliphatic carbocycles. The van der Waals surface area contributed by atoms with Gasteiger partial charge in [0.2, 0.25) is 0 Å². The van der Waals surface area contributed by atoms with Crippen LogP contribution in [0.3, 0.4) is 0 Å². The van der Waals surface area contributed by atoms with E-state index in [0.29, 0.717) is 17.5 Å². The second-order valence-corrected chi connectivity index (χ2v) is 9.89. The van der Waals surface area contributed by atoms with Crippen molar-refractivity contribution in [1.29, 1.82) is 0 Å². The van der Waals surface area contributed by atoms with Crippen molar-refractivity contribution >= 4 is 43.8 Å². The molecule has 4 aromatic carbocycles. The maximum Gasteiger partial charge on any atom is 0.501 e. The van der Waals surface area contributed by atoms with E-state index in [0.717, 1.165) is 18.2 Å². The number of phenols is 1. The molecule has 0 atom stereocenters. The number of amides is 1. The molecule has 0 saturated carbocycles. The summed E-state index contributed by atoms with van der Waals surface area (Å²) in [7, 11) is -5.66. The highest BCUT2D eigenvalue weighted by Crippen LogP contribution is 2.38. The molecule has 0 aliphatic rings. The van der Waals surface area contributed by atoms with Crippen molar-refractivity contribution < 1.29 is 40.3 Å². The minimum atomic E-state index is -5.66. The SMILES string of the molecule is O=C(Nc1ccc(S(=O)(=O)C(F)(F)F)cc1Cl)c1cc(-c2ccc(F)c(F)c2)c2ccccc2c1O. The Morgan fingerprint density at radius 1 is 0.889 bits per heavy atom. The molecule has 0 unspecified atom stereocenters. The lowest BCUT2D eigenvalue weighted by Crippen LogP contribution is -2.23. The highest BCUT2D eigenvalue weighted by atomic mass is 35.5. The summed E-state index contributed by atoms with van der Waals surface area (Å²) in [5.74, 6) is -3.61. The molecule has 2 N–H and O–H groups in total. The van der Waals surface area contributed by atoms with Crippen LogP contribution < -0.4 is 5.32 Å². The molecule has 0 spiro atoms. The largest absolute Gasteiger partial charge is 0.506 e. The third kappa shape index (κ3) is 4.47. The molecule has 12 heteroatoms. The van der Waals surface area contributed by atoms with E-state index in [9.17, 15) is 40.3 Å². The fourth-order valence-corrected chi connectivity index (χ4v) is 4.60. The molecule has 4 rings (SSSR count). The van der Waals surface area contributed by atoms with Gasteiger partial charge in [0.1, 0.15) is 5.75 Å². The zero-order valence-electron chi connectivity index (χ0n) is 17.7. The summed E-state index contributed by atoms with van der Waals surface area (Å²) < 4.78 is 89.0. The first kappa shape index (κ1) is 25.4. The van der Waals surface area contributed by atoms with Gasteiger partial charge in [-0.3, -0.25) is 4.79 Å².